The van der Waals surface area contributed by atoms with Crippen LogP contribution in [0.1, 0.15) is 16.7 Å². The first-order chi connectivity index (χ1) is 7.04. The quantitative estimate of drug-likeness (QED) is 0.583. The standard InChI is InChI=1S/C12H16O2S/c1-8-5-9(2)12(10(3)6-8)15-7-11(13)14-4/h5-6H,7H2,1-4H3. The van der Waals surface area contributed by atoms with Crippen molar-refractivity contribution in [1.82, 2.24) is 0 Å². The summed E-state index contributed by atoms with van der Waals surface area (Å²) >= 11 is 1.54. The summed E-state index contributed by atoms with van der Waals surface area (Å²) in [4.78, 5) is 12.2. The Kier molecular flexibility index (Phi) is 4.21. The molecule has 0 aliphatic carbocycles. The highest BCUT2D eigenvalue weighted by molar-refractivity contribution is 8.00. The molecule has 1 aromatic rings. The highest BCUT2D eigenvalue weighted by atomic mass is 32.2. The van der Waals surface area contributed by atoms with E-state index in [2.05, 4.69) is 37.6 Å². The zero-order valence-corrected chi connectivity index (χ0v) is 10.4. The third kappa shape index (κ3) is 3.27. The Hall–Kier alpha value is -0.960. The van der Waals surface area contributed by atoms with Crippen molar-refractivity contribution in [3.63, 3.8) is 0 Å². The number of thioether (sulfide) groups is 1. The lowest BCUT2D eigenvalue weighted by Crippen LogP contribution is -2.03. The topological polar surface area (TPSA) is 26.3 Å². The number of aryl methyl sites for hydroxylation is 3. The van der Waals surface area contributed by atoms with Crippen molar-refractivity contribution in [3.8, 4) is 0 Å². The molecular weight excluding hydrogens is 208 g/mol. The van der Waals surface area contributed by atoms with E-state index in [1.807, 2.05) is 0 Å². The average Bonchev–Trinajstić information content (AvgIpc) is 2.15. The van der Waals surface area contributed by atoms with Crippen LogP contribution in [0.25, 0.3) is 0 Å². The number of methoxy groups -OCH3 is 1. The molecular formula is C12H16O2S. The molecule has 3 heteroatoms. The van der Waals surface area contributed by atoms with E-state index in [4.69, 9.17) is 0 Å². The minimum atomic E-state index is -0.181. The van der Waals surface area contributed by atoms with Gasteiger partial charge in [-0.15, -0.1) is 11.8 Å². The monoisotopic (exact) mass is 224 g/mol. The first-order valence-corrected chi connectivity index (χ1v) is 5.80. The van der Waals surface area contributed by atoms with Crippen LogP contribution in [-0.2, 0) is 9.53 Å². The van der Waals surface area contributed by atoms with Gasteiger partial charge in [0.2, 0.25) is 0 Å². The molecule has 1 aromatic carbocycles. The van der Waals surface area contributed by atoms with E-state index >= 15 is 0 Å². The van der Waals surface area contributed by atoms with Crippen molar-refractivity contribution in [3.05, 3.63) is 28.8 Å². The van der Waals surface area contributed by atoms with Crippen LogP contribution >= 0.6 is 11.8 Å². The molecule has 0 fully saturated rings. The second-order valence-corrected chi connectivity index (χ2v) is 4.58. The first kappa shape index (κ1) is 12.1. The normalized spacial score (nSPS) is 10.1. The maximum Gasteiger partial charge on any atom is 0.315 e. The van der Waals surface area contributed by atoms with Gasteiger partial charge < -0.3 is 4.74 Å². The van der Waals surface area contributed by atoms with Crippen molar-refractivity contribution < 1.29 is 9.53 Å². The lowest BCUT2D eigenvalue weighted by molar-refractivity contribution is -0.137. The lowest BCUT2D eigenvalue weighted by Gasteiger charge is -2.09. The third-order valence-corrected chi connectivity index (χ3v) is 3.48. The molecule has 0 radical (unpaired) electrons. The van der Waals surface area contributed by atoms with E-state index in [0.29, 0.717) is 5.75 Å². The molecule has 2 nitrogen and oxygen atoms in total. The Bertz CT molecular complexity index is 349. The van der Waals surface area contributed by atoms with Crippen molar-refractivity contribution in [1.29, 1.82) is 0 Å². The number of ether oxygens (including phenoxy) is 1. The SMILES string of the molecule is COC(=O)CSc1c(C)cc(C)cc1C. The van der Waals surface area contributed by atoms with Crippen LogP contribution in [0.3, 0.4) is 0 Å². The molecule has 0 saturated carbocycles. The van der Waals surface area contributed by atoms with Crippen LogP contribution in [0.4, 0.5) is 0 Å². The van der Waals surface area contributed by atoms with E-state index in [0.717, 1.165) is 0 Å². The lowest BCUT2D eigenvalue weighted by atomic mass is 10.1. The number of esters is 1. The molecule has 0 bridgehead atoms. The van der Waals surface area contributed by atoms with Crippen molar-refractivity contribution in [2.75, 3.05) is 12.9 Å². The Morgan fingerprint density at radius 3 is 2.27 bits per heavy atom. The minimum absolute atomic E-state index is 0.181. The number of benzene rings is 1. The van der Waals surface area contributed by atoms with Crippen molar-refractivity contribution in [2.24, 2.45) is 0 Å². The summed E-state index contributed by atoms with van der Waals surface area (Å²) in [5.74, 6) is 0.195. The Balaban J connectivity index is 2.81. The second kappa shape index (κ2) is 5.21. The Morgan fingerprint density at radius 2 is 1.80 bits per heavy atom. The van der Waals surface area contributed by atoms with Crippen molar-refractivity contribution >= 4 is 17.7 Å². The second-order valence-electron chi connectivity index (χ2n) is 3.59. The predicted octanol–water partition coefficient (Wildman–Crippen LogP) is 2.88. The fourth-order valence-corrected chi connectivity index (χ4v) is 2.54. The molecule has 0 aliphatic heterocycles. The first-order valence-electron chi connectivity index (χ1n) is 4.82. The van der Waals surface area contributed by atoms with Gasteiger partial charge in [-0.2, -0.15) is 0 Å². The molecule has 82 valence electrons. The predicted molar refractivity (Wildman–Crippen MR) is 63.4 cm³/mol. The zero-order chi connectivity index (χ0) is 11.4. The number of hydrogen-bond donors (Lipinski definition) is 0. The maximum absolute atomic E-state index is 11.0. The van der Waals surface area contributed by atoms with Gasteiger partial charge >= 0.3 is 5.97 Å². The van der Waals surface area contributed by atoms with Crippen LogP contribution in [0, 0.1) is 20.8 Å². The van der Waals surface area contributed by atoms with Crippen LogP contribution in [-0.4, -0.2) is 18.8 Å². The van der Waals surface area contributed by atoms with Gasteiger partial charge in [-0.3, -0.25) is 4.79 Å². The molecule has 0 saturated heterocycles. The van der Waals surface area contributed by atoms with Gasteiger partial charge in [0.05, 0.1) is 12.9 Å². The summed E-state index contributed by atoms with van der Waals surface area (Å²) in [7, 11) is 1.41. The van der Waals surface area contributed by atoms with E-state index in [1.165, 1.54) is 28.7 Å². The summed E-state index contributed by atoms with van der Waals surface area (Å²) in [5, 5.41) is 0. The highest BCUT2D eigenvalue weighted by Gasteiger charge is 2.07. The van der Waals surface area contributed by atoms with Crippen LogP contribution < -0.4 is 0 Å². The molecule has 0 atom stereocenters. The molecule has 0 aliphatic rings. The summed E-state index contributed by atoms with van der Waals surface area (Å²) in [6, 6.07) is 4.26. The van der Waals surface area contributed by atoms with Crippen LogP contribution in [0.2, 0.25) is 0 Å². The Morgan fingerprint density at radius 1 is 1.27 bits per heavy atom. The smallest absolute Gasteiger partial charge is 0.315 e. The van der Waals surface area contributed by atoms with Gasteiger partial charge in [0.1, 0.15) is 0 Å². The number of carbonyl (C=O) groups is 1. The average molecular weight is 224 g/mol. The fraction of sp³-hybridized carbons (Fsp3) is 0.417. The number of rotatable bonds is 3. The maximum atomic E-state index is 11.0. The number of carbonyl (C=O) groups excluding carboxylic acids is 1. The Labute approximate surface area is 95.0 Å². The number of hydrogen-bond acceptors (Lipinski definition) is 3. The summed E-state index contributed by atoms with van der Waals surface area (Å²) in [5.41, 5.74) is 3.70. The van der Waals surface area contributed by atoms with Crippen LogP contribution in [0.5, 0.6) is 0 Å². The minimum Gasteiger partial charge on any atom is -0.468 e. The van der Waals surface area contributed by atoms with Gasteiger partial charge in [-0.05, 0) is 31.9 Å². The summed E-state index contributed by atoms with van der Waals surface area (Å²) < 4.78 is 4.62. The fourth-order valence-electron chi connectivity index (χ4n) is 1.58. The van der Waals surface area contributed by atoms with Crippen LogP contribution in [0.15, 0.2) is 17.0 Å². The molecule has 1 rings (SSSR count). The van der Waals surface area contributed by atoms with Gasteiger partial charge in [0.15, 0.2) is 0 Å². The molecule has 0 amide bonds. The van der Waals surface area contributed by atoms with Gasteiger partial charge in [-0.1, -0.05) is 17.7 Å². The zero-order valence-electron chi connectivity index (χ0n) is 9.59. The van der Waals surface area contributed by atoms with Gasteiger partial charge in [0.25, 0.3) is 0 Å². The van der Waals surface area contributed by atoms with Crippen molar-refractivity contribution in [2.45, 2.75) is 25.7 Å². The van der Waals surface area contributed by atoms with E-state index in [1.54, 1.807) is 11.8 Å². The molecule has 0 heterocycles. The summed E-state index contributed by atoms with van der Waals surface area (Å²) in [6.45, 7) is 6.22. The van der Waals surface area contributed by atoms with E-state index in [-0.39, 0.29) is 5.97 Å². The molecule has 0 N–H and O–H groups in total. The van der Waals surface area contributed by atoms with E-state index in [9.17, 15) is 4.79 Å². The van der Waals surface area contributed by atoms with Gasteiger partial charge in [-0.25, -0.2) is 0 Å². The van der Waals surface area contributed by atoms with Gasteiger partial charge in [0, 0.05) is 4.90 Å². The van der Waals surface area contributed by atoms with E-state index < -0.39 is 0 Å². The molecule has 0 spiro atoms. The molecule has 0 aromatic heterocycles. The highest BCUT2D eigenvalue weighted by Crippen LogP contribution is 2.27. The third-order valence-electron chi connectivity index (χ3n) is 2.17. The largest absolute Gasteiger partial charge is 0.468 e. The summed E-state index contributed by atoms with van der Waals surface area (Å²) in [6.07, 6.45) is 0. The molecule has 0 unspecified atom stereocenters. The molecule has 15 heavy (non-hydrogen) atoms.